The van der Waals surface area contributed by atoms with Crippen molar-refractivity contribution in [1.82, 2.24) is 5.32 Å². The van der Waals surface area contributed by atoms with Crippen LogP contribution in [0.2, 0.25) is 0 Å². The number of rotatable bonds is 6. The van der Waals surface area contributed by atoms with Crippen LogP contribution >= 0.6 is 0 Å². The quantitative estimate of drug-likeness (QED) is 0.621. The molecule has 1 aliphatic rings. The Kier molecular flexibility index (Phi) is 3.98. The number of hydrogen-bond acceptors (Lipinski definition) is 1. The van der Waals surface area contributed by atoms with Crippen molar-refractivity contribution in [3.05, 3.63) is 12.2 Å². The van der Waals surface area contributed by atoms with Gasteiger partial charge in [-0.2, -0.15) is 0 Å². The maximum atomic E-state index is 3.94. The highest BCUT2D eigenvalue weighted by molar-refractivity contribution is 4.90. The average molecular weight is 181 g/mol. The van der Waals surface area contributed by atoms with Gasteiger partial charge in [0.2, 0.25) is 0 Å². The summed E-state index contributed by atoms with van der Waals surface area (Å²) in [5, 5.41) is 3.65. The summed E-state index contributed by atoms with van der Waals surface area (Å²) in [5.74, 6) is 0.775. The van der Waals surface area contributed by atoms with Gasteiger partial charge in [-0.25, -0.2) is 0 Å². The van der Waals surface area contributed by atoms with Gasteiger partial charge in [-0.3, -0.25) is 0 Å². The first-order chi connectivity index (χ1) is 6.09. The molecule has 1 nitrogen and oxygen atoms in total. The second-order valence-corrected chi connectivity index (χ2v) is 4.70. The van der Waals surface area contributed by atoms with E-state index >= 15 is 0 Å². The molecule has 0 heterocycles. The second-order valence-electron chi connectivity index (χ2n) is 4.70. The standard InChI is InChI=1S/C12H23N/c1-9(2)5-6-10(3)11(4)13-12-7-8-12/h10-13H,1,5-8H2,2-4H3. The van der Waals surface area contributed by atoms with Crippen molar-refractivity contribution in [3.63, 3.8) is 0 Å². The van der Waals surface area contributed by atoms with Crippen molar-refractivity contribution in [3.8, 4) is 0 Å². The largest absolute Gasteiger partial charge is 0.311 e. The van der Waals surface area contributed by atoms with Gasteiger partial charge in [0.1, 0.15) is 0 Å². The molecule has 2 atom stereocenters. The zero-order valence-corrected chi connectivity index (χ0v) is 9.27. The molecular formula is C12H23N. The van der Waals surface area contributed by atoms with Crippen LogP contribution in [-0.4, -0.2) is 12.1 Å². The highest BCUT2D eigenvalue weighted by Crippen LogP contribution is 2.22. The summed E-state index contributed by atoms with van der Waals surface area (Å²) >= 11 is 0. The summed E-state index contributed by atoms with van der Waals surface area (Å²) in [5.41, 5.74) is 1.31. The van der Waals surface area contributed by atoms with Gasteiger partial charge < -0.3 is 5.32 Å². The normalized spacial score (nSPS) is 21.2. The Labute approximate surface area is 82.6 Å². The Bertz CT molecular complexity index is 170. The van der Waals surface area contributed by atoms with Crippen LogP contribution in [0.4, 0.5) is 0 Å². The van der Waals surface area contributed by atoms with Crippen molar-refractivity contribution in [2.75, 3.05) is 0 Å². The Balaban J connectivity index is 2.12. The van der Waals surface area contributed by atoms with Crippen molar-refractivity contribution in [1.29, 1.82) is 0 Å². The Morgan fingerprint density at radius 2 is 2.08 bits per heavy atom. The fourth-order valence-electron chi connectivity index (χ4n) is 1.51. The minimum absolute atomic E-state index is 0.673. The summed E-state index contributed by atoms with van der Waals surface area (Å²) in [6.07, 6.45) is 5.23. The van der Waals surface area contributed by atoms with Crippen LogP contribution in [0.25, 0.3) is 0 Å². The van der Waals surface area contributed by atoms with Gasteiger partial charge in [0, 0.05) is 12.1 Å². The van der Waals surface area contributed by atoms with Gasteiger partial charge >= 0.3 is 0 Å². The molecule has 1 aliphatic carbocycles. The summed E-state index contributed by atoms with van der Waals surface area (Å²) in [4.78, 5) is 0. The molecule has 1 N–H and O–H groups in total. The van der Waals surface area contributed by atoms with E-state index in [-0.39, 0.29) is 0 Å². The van der Waals surface area contributed by atoms with Crippen LogP contribution < -0.4 is 5.32 Å². The van der Waals surface area contributed by atoms with E-state index in [4.69, 9.17) is 0 Å². The van der Waals surface area contributed by atoms with Crippen LogP contribution in [0, 0.1) is 5.92 Å². The van der Waals surface area contributed by atoms with Crippen LogP contribution in [0.5, 0.6) is 0 Å². The van der Waals surface area contributed by atoms with Gasteiger partial charge in [0.15, 0.2) is 0 Å². The topological polar surface area (TPSA) is 12.0 Å². The zero-order valence-electron chi connectivity index (χ0n) is 9.27. The van der Waals surface area contributed by atoms with Gasteiger partial charge in [-0.05, 0) is 45.4 Å². The van der Waals surface area contributed by atoms with Gasteiger partial charge in [0.25, 0.3) is 0 Å². The van der Waals surface area contributed by atoms with Crippen molar-refractivity contribution >= 4 is 0 Å². The predicted octanol–water partition coefficient (Wildman–Crippen LogP) is 3.12. The molecule has 76 valence electrons. The summed E-state index contributed by atoms with van der Waals surface area (Å²) in [6.45, 7) is 10.7. The Hall–Kier alpha value is -0.300. The number of nitrogens with one attached hydrogen (secondary N) is 1. The van der Waals surface area contributed by atoms with Crippen molar-refractivity contribution in [2.24, 2.45) is 5.92 Å². The fourth-order valence-corrected chi connectivity index (χ4v) is 1.51. The van der Waals surface area contributed by atoms with E-state index in [1.165, 1.54) is 31.3 Å². The second kappa shape index (κ2) is 4.80. The predicted molar refractivity (Wildman–Crippen MR) is 58.8 cm³/mol. The Morgan fingerprint density at radius 3 is 2.54 bits per heavy atom. The van der Waals surface area contributed by atoms with Crippen LogP contribution in [0.1, 0.15) is 46.5 Å². The third-order valence-corrected chi connectivity index (χ3v) is 2.96. The molecule has 0 aliphatic heterocycles. The number of hydrogen-bond donors (Lipinski definition) is 1. The minimum Gasteiger partial charge on any atom is -0.311 e. The highest BCUT2D eigenvalue weighted by atomic mass is 15.0. The summed E-state index contributed by atoms with van der Waals surface area (Å²) in [6, 6.07) is 1.51. The molecule has 13 heavy (non-hydrogen) atoms. The van der Waals surface area contributed by atoms with Crippen LogP contribution in [0.3, 0.4) is 0 Å². The molecule has 1 heteroatoms. The lowest BCUT2D eigenvalue weighted by Crippen LogP contribution is -2.33. The minimum atomic E-state index is 0.673. The maximum absolute atomic E-state index is 3.94. The third kappa shape index (κ3) is 4.47. The van der Waals surface area contributed by atoms with E-state index in [9.17, 15) is 0 Å². The van der Waals surface area contributed by atoms with Crippen molar-refractivity contribution < 1.29 is 0 Å². The lowest BCUT2D eigenvalue weighted by molar-refractivity contribution is 0.377. The maximum Gasteiger partial charge on any atom is 0.00708 e. The van der Waals surface area contributed by atoms with Gasteiger partial charge in [-0.15, -0.1) is 6.58 Å². The Morgan fingerprint density at radius 1 is 1.46 bits per heavy atom. The summed E-state index contributed by atoms with van der Waals surface area (Å²) in [7, 11) is 0. The molecule has 1 saturated carbocycles. The molecule has 0 aromatic carbocycles. The molecule has 0 aromatic rings. The third-order valence-electron chi connectivity index (χ3n) is 2.96. The van der Waals surface area contributed by atoms with E-state index in [1.807, 2.05) is 0 Å². The summed E-state index contributed by atoms with van der Waals surface area (Å²) < 4.78 is 0. The van der Waals surface area contributed by atoms with E-state index in [2.05, 4.69) is 32.7 Å². The first kappa shape index (κ1) is 10.8. The first-order valence-corrected chi connectivity index (χ1v) is 5.50. The molecule has 0 aromatic heterocycles. The molecule has 0 spiro atoms. The van der Waals surface area contributed by atoms with Crippen LogP contribution in [-0.2, 0) is 0 Å². The highest BCUT2D eigenvalue weighted by Gasteiger charge is 2.24. The molecule has 0 amide bonds. The molecule has 0 bridgehead atoms. The SMILES string of the molecule is C=C(C)CCC(C)C(C)NC1CC1. The number of allylic oxidation sites excluding steroid dienone is 1. The molecule has 1 fully saturated rings. The molecule has 0 radical (unpaired) electrons. The smallest absolute Gasteiger partial charge is 0.00708 e. The van der Waals surface area contributed by atoms with E-state index in [1.54, 1.807) is 0 Å². The average Bonchev–Trinajstić information content (AvgIpc) is 2.83. The lowest BCUT2D eigenvalue weighted by Gasteiger charge is -2.21. The van der Waals surface area contributed by atoms with E-state index in [0.29, 0.717) is 6.04 Å². The van der Waals surface area contributed by atoms with E-state index in [0.717, 1.165) is 12.0 Å². The van der Waals surface area contributed by atoms with Crippen molar-refractivity contribution in [2.45, 2.75) is 58.5 Å². The lowest BCUT2D eigenvalue weighted by atomic mass is 9.96. The van der Waals surface area contributed by atoms with E-state index < -0.39 is 0 Å². The molecule has 2 unspecified atom stereocenters. The monoisotopic (exact) mass is 181 g/mol. The molecule has 0 saturated heterocycles. The first-order valence-electron chi connectivity index (χ1n) is 5.50. The van der Waals surface area contributed by atoms with Crippen LogP contribution in [0.15, 0.2) is 12.2 Å². The van der Waals surface area contributed by atoms with Gasteiger partial charge in [-0.1, -0.05) is 12.5 Å². The van der Waals surface area contributed by atoms with Gasteiger partial charge in [0.05, 0.1) is 0 Å². The molecular weight excluding hydrogens is 158 g/mol. The zero-order chi connectivity index (χ0) is 9.84. The molecule has 1 rings (SSSR count). The fraction of sp³-hybridized carbons (Fsp3) is 0.833.